The van der Waals surface area contributed by atoms with Crippen molar-refractivity contribution in [3.63, 3.8) is 0 Å². The zero-order valence-electron chi connectivity index (χ0n) is 7.73. The number of aromatic nitrogens is 2. The molecule has 1 aromatic heterocycles. The van der Waals surface area contributed by atoms with Gasteiger partial charge in [0.15, 0.2) is 0 Å². The van der Waals surface area contributed by atoms with Crippen LogP contribution in [0.3, 0.4) is 0 Å². The van der Waals surface area contributed by atoms with Crippen molar-refractivity contribution in [2.75, 3.05) is 18.0 Å². The Balaban J connectivity index is 2.14. The second-order valence-electron chi connectivity index (χ2n) is 3.42. The monoisotopic (exact) mass is 213 g/mol. The number of β-amino-alcohol motifs (C(OH)–C–C–N with tert-alkyl or cyclic N) is 1. The van der Waals surface area contributed by atoms with E-state index in [1.165, 1.54) is 0 Å². The van der Waals surface area contributed by atoms with Crippen LogP contribution in [-0.4, -0.2) is 34.3 Å². The van der Waals surface area contributed by atoms with Gasteiger partial charge >= 0.3 is 0 Å². The van der Waals surface area contributed by atoms with Gasteiger partial charge in [0, 0.05) is 19.3 Å². The maximum absolute atomic E-state index is 9.48. The van der Waals surface area contributed by atoms with Gasteiger partial charge in [0.05, 0.1) is 6.10 Å². The lowest BCUT2D eigenvalue weighted by Gasteiger charge is -2.29. The fraction of sp³-hybridized carbons (Fsp3) is 0.556. The molecule has 1 aliphatic rings. The molecule has 0 saturated carbocycles. The molecule has 1 N–H and O–H groups in total. The van der Waals surface area contributed by atoms with Crippen molar-refractivity contribution in [2.45, 2.75) is 18.9 Å². The fourth-order valence-corrected chi connectivity index (χ4v) is 1.75. The number of rotatable bonds is 1. The van der Waals surface area contributed by atoms with Crippen molar-refractivity contribution in [1.82, 2.24) is 9.97 Å². The van der Waals surface area contributed by atoms with Gasteiger partial charge in [0.25, 0.3) is 0 Å². The van der Waals surface area contributed by atoms with Crippen LogP contribution in [0.15, 0.2) is 12.3 Å². The third-order valence-corrected chi connectivity index (χ3v) is 2.50. The van der Waals surface area contributed by atoms with Crippen LogP contribution in [0.1, 0.15) is 12.8 Å². The van der Waals surface area contributed by atoms with E-state index in [0.717, 1.165) is 19.4 Å². The molecule has 0 spiro atoms. The van der Waals surface area contributed by atoms with E-state index in [-0.39, 0.29) is 6.10 Å². The molecular weight excluding hydrogens is 202 g/mol. The molecule has 1 aliphatic heterocycles. The lowest BCUT2D eigenvalue weighted by molar-refractivity contribution is 0.153. The largest absolute Gasteiger partial charge is 0.391 e. The van der Waals surface area contributed by atoms with Crippen LogP contribution >= 0.6 is 11.6 Å². The molecule has 1 saturated heterocycles. The van der Waals surface area contributed by atoms with E-state index < -0.39 is 0 Å². The molecule has 2 rings (SSSR count). The summed E-state index contributed by atoms with van der Waals surface area (Å²) in [6.07, 6.45) is 3.19. The third-order valence-electron chi connectivity index (χ3n) is 2.29. The van der Waals surface area contributed by atoms with Gasteiger partial charge < -0.3 is 10.0 Å². The Hall–Kier alpha value is -0.870. The number of nitrogens with zero attached hydrogens (tertiary/aromatic N) is 3. The Morgan fingerprint density at radius 1 is 1.57 bits per heavy atom. The molecule has 2 heterocycles. The summed E-state index contributed by atoms with van der Waals surface area (Å²) in [6.45, 7) is 1.48. The van der Waals surface area contributed by atoms with E-state index >= 15 is 0 Å². The molecule has 0 aliphatic carbocycles. The first-order chi connectivity index (χ1) is 6.75. The first kappa shape index (κ1) is 9.68. The summed E-state index contributed by atoms with van der Waals surface area (Å²) in [4.78, 5) is 10.2. The van der Waals surface area contributed by atoms with Gasteiger partial charge in [-0.1, -0.05) is 11.6 Å². The lowest BCUT2D eigenvalue weighted by Crippen LogP contribution is -2.39. The highest BCUT2D eigenvalue weighted by molar-refractivity contribution is 6.29. The van der Waals surface area contributed by atoms with E-state index in [1.807, 2.05) is 4.90 Å². The first-order valence-electron chi connectivity index (χ1n) is 4.67. The van der Waals surface area contributed by atoms with Crippen molar-refractivity contribution in [3.05, 3.63) is 17.4 Å². The minimum absolute atomic E-state index is 0.272. The second-order valence-corrected chi connectivity index (χ2v) is 3.81. The van der Waals surface area contributed by atoms with Crippen LogP contribution in [0.2, 0.25) is 5.15 Å². The van der Waals surface area contributed by atoms with Gasteiger partial charge in [-0.25, -0.2) is 9.97 Å². The Morgan fingerprint density at radius 2 is 2.43 bits per heavy atom. The summed E-state index contributed by atoms with van der Waals surface area (Å²) in [5, 5.41) is 9.92. The molecule has 0 amide bonds. The highest BCUT2D eigenvalue weighted by Crippen LogP contribution is 2.16. The standard InChI is InChI=1S/C9H12ClN3O/c10-8-3-4-11-9(12-8)13-5-1-2-7(14)6-13/h3-4,7,14H,1-2,5-6H2/t7-/m0/s1. The van der Waals surface area contributed by atoms with Crippen LogP contribution in [0.25, 0.3) is 0 Å². The maximum atomic E-state index is 9.48. The molecular formula is C9H12ClN3O. The SMILES string of the molecule is O[C@H]1CCCN(c2nccc(Cl)n2)C1. The number of anilines is 1. The molecule has 1 fully saturated rings. The van der Waals surface area contributed by atoms with Gasteiger partial charge in [0.2, 0.25) is 5.95 Å². The van der Waals surface area contributed by atoms with Crippen molar-refractivity contribution >= 4 is 17.5 Å². The number of halogens is 1. The van der Waals surface area contributed by atoms with E-state index in [1.54, 1.807) is 12.3 Å². The molecule has 0 radical (unpaired) electrons. The van der Waals surface area contributed by atoms with Crippen LogP contribution in [0.4, 0.5) is 5.95 Å². The van der Waals surface area contributed by atoms with Crippen LogP contribution in [0.5, 0.6) is 0 Å². The average molecular weight is 214 g/mol. The molecule has 14 heavy (non-hydrogen) atoms. The maximum Gasteiger partial charge on any atom is 0.226 e. The normalized spacial score (nSPS) is 22.4. The quantitative estimate of drug-likeness (QED) is 0.710. The smallest absolute Gasteiger partial charge is 0.226 e. The van der Waals surface area contributed by atoms with Crippen molar-refractivity contribution in [3.8, 4) is 0 Å². The number of aliphatic hydroxyl groups is 1. The molecule has 5 heteroatoms. The summed E-state index contributed by atoms with van der Waals surface area (Å²) in [5.41, 5.74) is 0. The second kappa shape index (κ2) is 4.11. The molecule has 1 aromatic rings. The Morgan fingerprint density at radius 3 is 3.14 bits per heavy atom. The van der Waals surface area contributed by atoms with Gasteiger partial charge in [-0.3, -0.25) is 0 Å². The minimum Gasteiger partial charge on any atom is -0.391 e. The van der Waals surface area contributed by atoms with Gasteiger partial charge in [0.1, 0.15) is 5.15 Å². The Labute approximate surface area is 87.5 Å². The van der Waals surface area contributed by atoms with Crippen LogP contribution < -0.4 is 4.90 Å². The fourth-order valence-electron chi connectivity index (χ4n) is 1.62. The van der Waals surface area contributed by atoms with Crippen LogP contribution in [0, 0.1) is 0 Å². The number of hydrogen-bond donors (Lipinski definition) is 1. The topological polar surface area (TPSA) is 49.2 Å². The molecule has 1 atom stereocenters. The molecule has 76 valence electrons. The highest BCUT2D eigenvalue weighted by Gasteiger charge is 2.19. The zero-order chi connectivity index (χ0) is 9.97. The average Bonchev–Trinajstić information content (AvgIpc) is 2.18. The summed E-state index contributed by atoms with van der Waals surface area (Å²) in [6, 6.07) is 1.64. The lowest BCUT2D eigenvalue weighted by atomic mass is 10.1. The summed E-state index contributed by atoms with van der Waals surface area (Å²) in [7, 11) is 0. The number of hydrogen-bond acceptors (Lipinski definition) is 4. The summed E-state index contributed by atoms with van der Waals surface area (Å²) in [5.74, 6) is 0.608. The van der Waals surface area contributed by atoms with E-state index in [2.05, 4.69) is 9.97 Å². The van der Waals surface area contributed by atoms with Crippen molar-refractivity contribution in [2.24, 2.45) is 0 Å². The van der Waals surface area contributed by atoms with E-state index in [0.29, 0.717) is 17.6 Å². The predicted molar refractivity (Wildman–Crippen MR) is 54.5 cm³/mol. The number of piperidine rings is 1. The molecule has 4 nitrogen and oxygen atoms in total. The van der Waals surface area contributed by atoms with Crippen molar-refractivity contribution < 1.29 is 5.11 Å². The van der Waals surface area contributed by atoms with E-state index in [9.17, 15) is 5.11 Å². The van der Waals surface area contributed by atoms with Gasteiger partial charge in [-0.05, 0) is 18.9 Å². The van der Waals surface area contributed by atoms with Gasteiger partial charge in [-0.2, -0.15) is 0 Å². The number of aliphatic hydroxyl groups excluding tert-OH is 1. The summed E-state index contributed by atoms with van der Waals surface area (Å²) >= 11 is 5.76. The molecule has 0 bridgehead atoms. The van der Waals surface area contributed by atoms with Gasteiger partial charge in [-0.15, -0.1) is 0 Å². The Bertz CT molecular complexity index is 321. The minimum atomic E-state index is -0.272. The summed E-state index contributed by atoms with van der Waals surface area (Å²) < 4.78 is 0. The van der Waals surface area contributed by atoms with Crippen molar-refractivity contribution in [1.29, 1.82) is 0 Å². The zero-order valence-corrected chi connectivity index (χ0v) is 8.48. The molecule has 0 aromatic carbocycles. The first-order valence-corrected chi connectivity index (χ1v) is 5.05. The Kier molecular flexibility index (Phi) is 2.84. The molecule has 0 unspecified atom stereocenters. The van der Waals surface area contributed by atoms with Crippen LogP contribution in [-0.2, 0) is 0 Å². The highest BCUT2D eigenvalue weighted by atomic mass is 35.5. The third kappa shape index (κ3) is 2.13. The predicted octanol–water partition coefficient (Wildman–Crippen LogP) is 1.09. The van der Waals surface area contributed by atoms with E-state index in [4.69, 9.17) is 11.6 Å².